The van der Waals surface area contributed by atoms with Crippen LogP contribution in [0.1, 0.15) is 24.7 Å². The Bertz CT molecular complexity index is 184. The van der Waals surface area contributed by atoms with Gasteiger partial charge in [-0.15, -0.1) is 0 Å². The zero-order valence-electron chi connectivity index (χ0n) is 6.93. The maximum Gasteiger partial charge on any atom is 0.0925 e. The first-order valence-electron chi connectivity index (χ1n) is 4.09. The van der Waals surface area contributed by atoms with E-state index in [1.54, 1.807) is 6.33 Å². The van der Waals surface area contributed by atoms with Gasteiger partial charge in [0, 0.05) is 12.1 Å². The summed E-state index contributed by atoms with van der Waals surface area (Å²) in [5, 5.41) is 0. The van der Waals surface area contributed by atoms with Gasteiger partial charge in [-0.2, -0.15) is 0 Å². The lowest BCUT2D eigenvalue weighted by molar-refractivity contribution is 0.848. The Labute approximate surface area is 67.0 Å². The van der Waals surface area contributed by atoms with Crippen molar-refractivity contribution < 1.29 is 0 Å². The Morgan fingerprint density at radius 3 is 3.00 bits per heavy atom. The van der Waals surface area contributed by atoms with Crippen LogP contribution in [0.2, 0.25) is 0 Å². The van der Waals surface area contributed by atoms with Crippen LogP contribution in [0, 0.1) is 0 Å². The van der Waals surface area contributed by atoms with E-state index in [4.69, 9.17) is 5.73 Å². The second-order valence-corrected chi connectivity index (χ2v) is 2.62. The normalized spacial score (nSPS) is 10.4. The van der Waals surface area contributed by atoms with Gasteiger partial charge in [0.2, 0.25) is 0 Å². The lowest BCUT2D eigenvalue weighted by Gasteiger charge is -1.97. The molecule has 0 fully saturated rings. The molecule has 0 aliphatic carbocycles. The second-order valence-electron chi connectivity index (χ2n) is 2.62. The zero-order chi connectivity index (χ0) is 8.10. The van der Waals surface area contributed by atoms with E-state index in [9.17, 15) is 0 Å². The lowest BCUT2D eigenvalue weighted by Crippen LogP contribution is -2.05. The number of nitrogens with one attached hydrogen (secondary N) is 1. The third kappa shape index (κ3) is 2.05. The molecular formula is C8H15N3. The van der Waals surface area contributed by atoms with Crippen LogP contribution in [-0.2, 0) is 12.8 Å². The average Bonchev–Trinajstić information content (AvgIpc) is 2.39. The van der Waals surface area contributed by atoms with Gasteiger partial charge in [0.1, 0.15) is 0 Å². The highest BCUT2D eigenvalue weighted by Crippen LogP contribution is 2.05. The van der Waals surface area contributed by atoms with Crippen molar-refractivity contribution in [3.8, 4) is 0 Å². The summed E-state index contributed by atoms with van der Waals surface area (Å²) in [7, 11) is 0. The van der Waals surface area contributed by atoms with Crippen molar-refractivity contribution in [1.82, 2.24) is 9.97 Å². The van der Waals surface area contributed by atoms with Crippen molar-refractivity contribution in [2.75, 3.05) is 6.54 Å². The van der Waals surface area contributed by atoms with Gasteiger partial charge >= 0.3 is 0 Å². The fourth-order valence-electron chi connectivity index (χ4n) is 1.17. The molecule has 62 valence electrons. The summed E-state index contributed by atoms with van der Waals surface area (Å²) in [6, 6.07) is 0. The van der Waals surface area contributed by atoms with E-state index in [-0.39, 0.29) is 0 Å². The quantitative estimate of drug-likeness (QED) is 0.674. The predicted molar refractivity (Wildman–Crippen MR) is 45.3 cm³/mol. The van der Waals surface area contributed by atoms with Gasteiger partial charge in [-0.25, -0.2) is 4.98 Å². The largest absolute Gasteiger partial charge is 0.348 e. The van der Waals surface area contributed by atoms with Gasteiger partial charge in [-0.1, -0.05) is 13.3 Å². The smallest absolute Gasteiger partial charge is 0.0925 e. The minimum Gasteiger partial charge on any atom is -0.348 e. The van der Waals surface area contributed by atoms with Crippen molar-refractivity contribution in [3.05, 3.63) is 17.7 Å². The number of hydrogen-bond acceptors (Lipinski definition) is 2. The number of imidazole rings is 1. The van der Waals surface area contributed by atoms with Crippen LogP contribution in [0.15, 0.2) is 6.33 Å². The van der Waals surface area contributed by atoms with E-state index in [1.165, 1.54) is 5.69 Å². The molecule has 3 heteroatoms. The summed E-state index contributed by atoms with van der Waals surface area (Å²) < 4.78 is 0. The number of nitrogens with two attached hydrogens (primary N) is 1. The average molecular weight is 153 g/mol. The summed E-state index contributed by atoms with van der Waals surface area (Å²) in [6.45, 7) is 2.84. The highest BCUT2D eigenvalue weighted by Gasteiger charge is 2.01. The molecule has 0 aliphatic heterocycles. The Kier molecular flexibility index (Phi) is 3.11. The third-order valence-electron chi connectivity index (χ3n) is 1.69. The van der Waals surface area contributed by atoms with Crippen molar-refractivity contribution >= 4 is 0 Å². The molecule has 0 saturated heterocycles. The van der Waals surface area contributed by atoms with E-state index in [1.807, 2.05) is 0 Å². The summed E-state index contributed by atoms with van der Waals surface area (Å²) >= 11 is 0. The van der Waals surface area contributed by atoms with Crippen molar-refractivity contribution in [3.63, 3.8) is 0 Å². The molecule has 0 unspecified atom stereocenters. The molecule has 3 nitrogen and oxygen atoms in total. The molecule has 0 amide bonds. The van der Waals surface area contributed by atoms with Gasteiger partial charge in [-0.05, 0) is 13.0 Å². The van der Waals surface area contributed by atoms with Crippen molar-refractivity contribution in [2.45, 2.75) is 26.2 Å². The first kappa shape index (κ1) is 8.27. The first-order chi connectivity index (χ1) is 5.38. The minimum atomic E-state index is 0.682. The Morgan fingerprint density at radius 1 is 1.55 bits per heavy atom. The van der Waals surface area contributed by atoms with Gasteiger partial charge < -0.3 is 10.7 Å². The van der Waals surface area contributed by atoms with Crippen LogP contribution in [0.5, 0.6) is 0 Å². The number of aromatic amines is 1. The van der Waals surface area contributed by atoms with E-state index in [0.29, 0.717) is 6.54 Å². The number of rotatable bonds is 4. The molecule has 0 saturated carbocycles. The predicted octanol–water partition coefficient (Wildman–Crippen LogP) is 0.863. The molecule has 0 spiro atoms. The molecule has 1 aromatic rings. The van der Waals surface area contributed by atoms with Crippen molar-refractivity contribution in [2.24, 2.45) is 5.73 Å². The molecule has 0 atom stereocenters. The molecule has 0 aliphatic rings. The molecular weight excluding hydrogens is 138 g/mol. The molecule has 0 bridgehead atoms. The standard InChI is InChI=1S/C8H15N3/c1-2-3-7-8(4-5-9)11-6-10-7/h6H,2-5,9H2,1H3,(H,10,11). The highest BCUT2D eigenvalue weighted by molar-refractivity contribution is 5.11. The molecule has 3 N–H and O–H groups in total. The molecule has 1 rings (SSSR count). The van der Waals surface area contributed by atoms with Crippen LogP contribution in [0.25, 0.3) is 0 Å². The zero-order valence-corrected chi connectivity index (χ0v) is 6.93. The fraction of sp³-hybridized carbons (Fsp3) is 0.625. The van der Waals surface area contributed by atoms with Crippen LogP contribution < -0.4 is 5.73 Å². The number of aromatic nitrogens is 2. The first-order valence-corrected chi connectivity index (χ1v) is 4.09. The Balaban J connectivity index is 2.62. The summed E-state index contributed by atoms with van der Waals surface area (Å²) in [5.41, 5.74) is 7.81. The van der Waals surface area contributed by atoms with E-state index in [0.717, 1.165) is 25.0 Å². The lowest BCUT2D eigenvalue weighted by atomic mass is 10.2. The number of H-pyrrole nitrogens is 1. The van der Waals surface area contributed by atoms with E-state index in [2.05, 4.69) is 16.9 Å². The number of hydrogen-bond donors (Lipinski definition) is 2. The van der Waals surface area contributed by atoms with Crippen LogP contribution in [0.3, 0.4) is 0 Å². The van der Waals surface area contributed by atoms with Crippen LogP contribution in [-0.4, -0.2) is 16.5 Å². The maximum atomic E-state index is 5.43. The summed E-state index contributed by atoms with van der Waals surface area (Å²) in [5.74, 6) is 0. The maximum absolute atomic E-state index is 5.43. The van der Waals surface area contributed by atoms with Crippen LogP contribution >= 0.6 is 0 Å². The van der Waals surface area contributed by atoms with E-state index >= 15 is 0 Å². The molecule has 1 heterocycles. The number of nitrogens with zero attached hydrogens (tertiary/aromatic N) is 1. The fourth-order valence-corrected chi connectivity index (χ4v) is 1.17. The molecule has 0 aromatic carbocycles. The van der Waals surface area contributed by atoms with Crippen LogP contribution in [0.4, 0.5) is 0 Å². The summed E-state index contributed by atoms with van der Waals surface area (Å²) in [4.78, 5) is 7.31. The van der Waals surface area contributed by atoms with Gasteiger partial charge in [0.05, 0.1) is 12.0 Å². The monoisotopic (exact) mass is 153 g/mol. The summed E-state index contributed by atoms with van der Waals surface area (Å²) in [6.07, 6.45) is 4.86. The number of aryl methyl sites for hydroxylation is 1. The topological polar surface area (TPSA) is 54.7 Å². The third-order valence-corrected chi connectivity index (χ3v) is 1.69. The second kappa shape index (κ2) is 4.13. The molecule has 11 heavy (non-hydrogen) atoms. The van der Waals surface area contributed by atoms with Gasteiger partial charge in [0.15, 0.2) is 0 Å². The Morgan fingerprint density at radius 2 is 2.36 bits per heavy atom. The Hall–Kier alpha value is -0.830. The van der Waals surface area contributed by atoms with Crippen molar-refractivity contribution in [1.29, 1.82) is 0 Å². The van der Waals surface area contributed by atoms with Gasteiger partial charge in [-0.3, -0.25) is 0 Å². The minimum absolute atomic E-state index is 0.682. The molecule has 1 aromatic heterocycles. The van der Waals surface area contributed by atoms with Gasteiger partial charge in [0.25, 0.3) is 0 Å². The molecule has 0 radical (unpaired) electrons. The highest BCUT2D eigenvalue weighted by atomic mass is 14.9. The SMILES string of the molecule is CCCc1[nH]cnc1CCN. The van der Waals surface area contributed by atoms with E-state index < -0.39 is 0 Å².